The van der Waals surface area contributed by atoms with Crippen LogP contribution in [0.15, 0.2) is 41.7 Å². The number of aryl methyl sites for hydroxylation is 1. The molecular weight excluding hydrogens is 348 g/mol. The predicted molar refractivity (Wildman–Crippen MR) is 117 cm³/mol. The molecular formula is C22H34N6. The van der Waals surface area contributed by atoms with Crippen molar-refractivity contribution in [3.8, 4) is 0 Å². The van der Waals surface area contributed by atoms with Crippen molar-refractivity contribution in [2.45, 2.75) is 45.7 Å². The van der Waals surface area contributed by atoms with Crippen molar-refractivity contribution in [2.24, 2.45) is 12.0 Å². The van der Waals surface area contributed by atoms with Crippen molar-refractivity contribution < 1.29 is 0 Å². The van der Waals surface area contributed by atoms with Crippen LogP contribution in [-0.2, 0) is 20.1 Å². The first kappa shape index (κ1) is 20.2. The number of nitrogens with zero attached hydrogens (tertiary/aromatic N) is 5. The van der Waals surface area contributed by atoms with Gasteiger partial charge in [-0.15, -0.1) is 0 Å². The summed E-state index contributed by atoms with van der Waals surface area (Å²) in [6, 6.07) is 8.51. The van der Waals surface area contributed by atoms with Crippen LogP contribution in [0.1, 0.15) is 43.9 Å². The van der Waals surface area contributed by atoms with E-state index in [2.05, 4.69) is 76.1 Å². The van der Waals surface area contributed by atoms with Crippen molar-refractivity contribution in [1.29, 1.82) is 0 Å². The number of guanidine groups is 1. The van der Waals surface area contributed by atoms with Crippen molar-refractivity contribution in [3.05, 3.63) is 47.9 Å². The number of nitrogens with one attached hydrogen (secondary N) is 1. The van der Waals surface area contributed by atoms with Crippen LogP contribution >= 0.6 is 0 Å². The van der Waals surface area contributed by atoms with Crippen LogP contribution < -0.4 is 10.2 Å². The maximum atomic E-state index is 4.87. The van der Waals surface area contributed by atoms with E-state index in [1.165, 1.54) is 36.9 Å². The SMILES string of the molecule is CCNC(=NCc1ccnc(N2CCCCCC2)c1)N(C)Cc1cccn1C. The van der Waals surface area contributed by atoms with Gasteiger partial charge in [-0.3, -0.25) is 0 Å². The minimum atomic E-state index is 0.656. The van der Waals surface area contributed by atoms with E-state index in [0.717, 1.165) is 38.0 Å². The van der Waals surface area contributed by atoms with Crippen LogP contribution in [0.3, 0.4) is 0 Å². The Balaban J connectivity index is 1.68. The molecule has 28 heavy (non-hydrogen) atoms. The van der Waals surface area contributed by atoms with Gasteiger partial charge in [0.15, 0.2) is 5.96 Å². The van der Waals surface area contributed by atoms with E-state index in [1.807, 2.05) is 6.20 Å². The fraction of sp³-hybridized carbons (Fsp3) is 0.545. The van der Waals surface area contributed by atoms with E-state index in [0.29, 0.717) is 6.54 Å². The van der Waals surface area contributed by atoms with E-state index < -0.39 is 0 Å². The van der Waals surface area contributed by atoms with Gasteiger partial charge in [-0.1, -0.05) is 12.8 Å². The first-order valence-corrected chi connectivity index (χ1v) is 10.5. The van der Waals surface area contributed by atoms with Gasteiger partial charge in [-0.05, 0) is 49.6 Å². The second-order valence-electron chi connectivity index (χ2n) is 7.56. The third-order valence-electron chi connectivity index (χ3n) is 5.30. The summed E-state index contributed by atoms with van der Waals surface area (Å²) in [5, 5.41) is 3.41. The van der Waals surface area contributed by atoms with Crippen LogP contribution in [0.5, 0.6) is 0 Å². The van der Waals surface area contributed by atoms with Crippen LogP contribution in [0.4, 0.5) is 5.82 Å². The van der Waals surface area contributed by atoms with Crippen LogP contribution in [0.2, 0.25) is 0 Å². The third-order valence-corrected chi connectivity index (χ3v) is 5.30. The summed E-state index contributed by atoms with van der Waals surface area (Å²) in [5.41, 5.74) is 2.47. The molecule has 6 heteroatoms. The maximum Gasteiger partial charge on any atom is 0.194 e. The Morgan fingerprint density at radius 1 is 1.21 bits per heavy atom. The Morgan fingerprint density at radius 2 is 2.00 bits per heavy atom. The number of rotatable bonds is 6. The van der Waals surface area contributed by atoms with E-state index in [1.54, 1.807) is 0 Å². The predicted octanol–water partition coefficient (Wildman–Crippen LogP) is 3.40. The lowest BCUT2D eigenvalue weighted by Gasteiger charge is -2.23. The van der Waals surface area contributed by atoms with Crippen molar-refractivity contribution in [1.82, 2.24) is 19.8 Å². The summed E-state index contributed by atoms with van der Waals surface area (Å²) in [7, 11) is 4.16. The lowest BCUT2D eigenvalue weighted by atomic mass is 10.2. The third kappa shape index (κ3) is 5.50. The van der Waals surface area contributed by atoms with Gasteiger partial charge >= 0.3 is 0 Å². The zero-order valence-electron chi connectivity index (χ0n) is 17.6. The molecule has 3 heterocycles. The van der Waals surface area contributed by atoms with E-state index in [-0.39, 0.29) is 0 Å². The summed E-state index contributed by atoms with van der Waals surface area (Å²) in [4.78, 5) is 14.1. The molecule has 2 aromatic rings. The normalized spacial score (nSPS) is 15.4. The number of pyridine rings is 1. The molecule has 1 aliphatic rings. The molecule has 1 fully saturated rings. The van der Waals surface area contributed by atoms with Crippen LogP contribution in [0.25, 0.3) is 0 Å². The molecule has 2 aromatic heterocycles. The van der Waals surface area contributed by atoms with Gasteiger partial charge < -0.3 is 19.7 Å². The average molecular weight is 383 g/mol. The largest absolute Gasteiger partial charge is 0.357 e. The summed E-state index contributed by atoms with van der Waals surface area (Å²) in [5.74, 6) is 2.02. The topological polar surface area (TPSA) is 48.7 Å². The first-order valence-electron chi connectivity index (χ1n) is 10.5. The summed E-state index contributed by atoms with van der Waals surface area (Å²) < 4.78 is 2.15. The Kier molecular flexibility index (Phi) is 7.34. The molecule has 3 rings (SSSR count). The molecule has 0 bridgehead atoms. The smallest absolute Gasteiger partial charge is 0.194 e. The summed E-state index contributed by atoms with van der Waals surface area (Å²) >= 11 is 0. The Labute approximate surface area is 169 Å². The molecule has 1 N–H and O–H groups in total. The molecule has 0 saturated carbocycles. The molecule has 1 saturated heterocycles. The minimum Gasteiger partial charge on any atom is -0.357 e. The molecule has 0 amide bonds. The fourth-order valence-electron chi connectivity index (χ4n) is 3.65. The van der Waals surface area contributed by atoms with Gasteiger partial charge in [0.1, 0.15) is 5.82 Å². The number of hydrogen-bond acceptors (Lipinski definition) is 3. The fourth-order valence-corrected chi connectivity index (χ4v) is 3.65. The first-order chi connectivity index (χ1) is 13.7. The Bertz CT molecular complexity index is 758. The number of anilines is 1. The molecule has 0 radical (unpaired) electrons. The highest BCUT2D eigenvalue weighted by molar-refractivity contribution is 5.79. The molecule has 1 aliphatic heterocycles. The number of aliphatic imine (C=N–C) groups is 1. The van der Waals surface area contributed by atoms with Gasteiger partial charge in [-0.2, -0.15) is 0 Å². The minimum absolute atomic E-state index is 0.656. The average Bonchev–Trinajstić information content (AvgIpc) is 2.95. The van der Waals surface area contributed by atoms with Gasteiger partial charge in [0.25, 0.3) is 0 Å². The molecule has 0 atom stereocenters. The molecule has 6 nitrogen and oxygen atoms in total. The molecule has 0 spiro atoms. The second-order valence-corrected chi connectivity index (χ2v) is 7.56. The van der Waals surface area contributed by atoms with Gasteiger partial charge in [0.05, 0.1) is 13.1 Å². The monoisotopic (exact) mass is 382 g/mol. The quantitative estimate of drug-likeness (QED) is 0.614. The lowest BCUT2D eigenvalue weighted by molar-refractivity contribution is 0.462. The summed E-state index contributed by atoms with van der Waals surface area (Å²) in [6.45, 7) is 6.67. The Hall–Kier alpha value is -2.50. The number of hydrogen-bond donors (Lipinski definition) is 1. The molecule has 152 valence electrons. The lowest BCUT2D eigenvalue weighted by Crippen LogP contribution is -2.38. The maximum absolute atomic E-state index is 4.87. The second kappa shape index (κ2) is 10.2. The highest BCUT2D eigenvalue weighted by Gasteiger charge is 2.12. The van der Waals surface area contributed by atoms with Crippen LogP contribution in [-0.4, -0.2) is 47.1 Å². The van der Waals surface area contributed by atoms with Gasteiger partial charge in [0.2, 0.25) is 0 Å². The van der Waals surface area contributed by atoms with Gasteiger partial charge in [0, 0.05) is 51.8 Å². The highest BCUT2D eigenvalue weighted by Crippen LogP contribution is 2.18. The molecule has 0 aliphatic carbocycles. The summed E-state index contributed by atoms with van der Waals surface area (Å²) in [6.07, 6.45) is 9.19. The van der Waals surface area contributed by atoms with Crippen molar-refractivity contribution >= 4 is 11.8 Å². The highest BCUT2D eigenvalue weighted by atomic mass is 15.3. The molecule has 0 unspecified atom stereocenters. The van der Waals surface area contributed by atoms with Crippen LogP contribution in [0, 0.1) is 0 Å². The number of aromatic nitrogens is 2. The van der Waals surface area contributed by atoms with Gasteiger partial charge in [-0.25, -0.2) is 9.98 Å². The van der Waals surface area contributed by atoms with Crippen molar-refractivity contribution in [2.75, 3.05) is 31.6 Å². The van der Waals surface area contributed by atoms with E-state index >= 15 is 0 Å². The standard InChI is InChI=1S/C22H34N6/c1-4-23-22(27(3)18-20-10-9-13-26(20)2)25-17-19-11-12-24-21(16-19)28-14-7-5-6-8-15-28/h9-13,16H,4-8,14-15,17-18H2,1-3H3,(H,23,25). The van der Waals surface area contributed by atoms with E-state index in [4.69, 9.17) is 4.99 Å². The van der Waals surface area contributed by atoms with Crippen molar-refractivity contribution in [3.63, 3.8) is 0 Å². The molecule has 0 aromatic carbocycles. The zero-order valence-corrected chi connectivity index (χ0v) is 17.6. The van der Waals surface area contributed by atoms with E-state index in [9.17, 15) is 0 Å². The zero-order chi connectivity index (χ0) is 19.8. The Morgan fingerprint density at radius 3 is 2.68 bits per heavy atom.